The van der Waals surface area contributed by atoms with Crippen molar-refractivity contribution in [1.82, 2.24) is 5.32 Å². The Labute approximate surface area is 119 Å². The van der Waals surface area contributed by atoms with Gasteiger partial charge >= 0.3 is 0 Å². The Kier molecular flexibility index (Phi) is 6.60. The van der Waals surface area contributed by atoms with Gasteiger partial charge in [0, 0.05) is 18.1 Å². The fourth-order valence-corrected chi connectivity index (χ4v) is 1.94. The third-order valence-corrected chi connectivity index (χ3v) is 3.10. The number of carbonyl (C=O) groups is 1. The molecule has 1 atom stereocenters. The molecule has 0 fully saturated rings. The van der Waals surface area contributed by atoms with Crippen LogP contribution in [0.4, 0.5) is 4.39 Å². The number of nitrogens with one attached hydrogen (secondary N) is 1. The number of amides is 1. The van der Waals surface area contributed by atoms with Crippen LogP contribution in [-0.4, -0.2) is 31.5 Å². The Bertz CT molecular complexity index is 417. The van der Waals surface area contributed by atoms with Crippen molar-refractivity contribution in [2.75, 3.05) is 20.3 Å². The van der Waals surface area contributed by atoms with Gasteiger partial charge in [-0.05, 0) is 24.6 Å². The van der Waals surface area contributed by atoms with Crippen molar-refractivity contribution in [3.05, 3.63) is 34.1 Å². The van der Waals surface area contributed by atoms with Crippen LogP contribution in [0.25, 0.3) is 0 Å². The second-order valence-corrected chi connectivity index (χ2v) is 5.25. The fraction of sp³-hybridized carbons (Fsp3) is 0.417. The van der Waals surface area contributed by atoms with Gasteiger partial charge in [0.25, 0.3) is 5.91 Å². The second-order valence-electron chi connectivity index (χ2n) is 3.72. The second kappa shape index (κ2) is 7.71. The highest BCUT2D eigenvalue weighted by Gasteiger charge is 2.12. The third kappa shape index (κ3) is 4.92. The molecule has 1 N–H and O–H groups in total. The van der Waals surface area contributed by atoms with E-state index in [1.807, 2.05) is 0 Å². The molecule has 0 radical (unpaired) electrons. The zero-order chi connectivity index (χ0) is 13.5. The van der Waals surface area contributed by atoms with E-state index in [-0.39, 0.29) is 10.9 Å². The Morgan fingerprint density at radius 2 is 2.33 bits per heavy atom. The normalized spacial score (nSPS) is 12.2. The van der Waals surface area contributed by atoms with Gasteiger partial charge < -0.3 is 10.1 Å². The van der Waals surface area contributed by atoms with E-state index in [1.165, 1.54) is 12.1 Å². The summed E-state index contributed by atoms with van der Waals surface area (Å²) in [6, 6.07) is 4.31. The molecule has 1 aromatic rings. The number of carbonyl (C=O) groups excluding carboxylic acids is 1. The lowest BCUT2D eigenvalue weighted by molar-refractivity contribution is 0.0947. The first-order chi connectivity index (χ1) is 8.54. The van der Waals surface area contributed by atoms with E-state index in [0.717, 1.165) is 0 Å². The van der Waals surface area contributed by atoms with Crippen LogP contribution in [0.2, 0.25) is 0 Å². The number of benzene rings is 1. The molecule has 3 nitrogen and oxygen atoms in total. The maximum absolute atomic E-state index is 13.5. The molecule has 0 aliphatic heterocycles. The molecular formula is C12H14BrClFNO2. The fourth-order valence-electron chi connectivity index (χ4n) is 1.38. The number of methoxy groups -OCH3 is 1. The zero-order valence-electron chi connectivity index (χ0n) is 9.88. The van der Waals surface area contributed by atoms with Crippen LogP contribution in [0.5, 0.6) is 0 Å². The lowest BCUT2D eigenvalue weighted by Crippen LogP contribution is -2.27. The number of hydrogen-bond donors (Lipinski definition) is 1. The summed E-state index contributed by atoms with van der Waals surface area (Å²) in [6.45, 7) is 0.802. The number of alkyl halides is 1. The molecule has 0 spiro atoms. The van der Waals surface area contributed by atoms with Crippen LogP contribution in [0, 0.1) is 5.82 Å². The minimum atomic E-state index is -0.554. The molecule has 0 saturated heterocycles. The topological polar surface area (TPSA) is 38.3 Å². The van der Waals surface area contributed by atoms with E-state index >= 15 is 0 Å². The maximum Gasteiger partial charge on any atom is 0.254 e. The third-order valence-electron chi connectivity index (χ3n) is 2.27. The van der Waals surface area contributed by atoms with Crippen molar-refractivity contribution < 1.29 is 13.9 Å². The van der Waals surface area contributed by atoms with Gasteiger partial charge in [-0.3, -0.25) is 4.79 Å². The lowest BCUT2D eigenvalue weighted by atomic mass is 10.2. The predicted octanol–water partition coefficient (Wildman–Crippen LogP) is 2.96. The van der Waals surface area contributed by atoms with E-state index in [4.69, 9.17) is 16.3 Å². The van der Waals surface area contributed by atoms with Crippen molar-refractivity contribution >= 4 is 33.4 Å². The largest absolute Gasteiger partial charge is 0.383 e. The quantitative estimate of drug-likeness (QED) is 0.810. The molecule has 18 heavy (non-hydrogen) atoms. The monoisotopic (exact) mass is 337 g/mol. The average Bonchev–Trinajstić information content (AvgIpc) is 2.29. The van der Waals surface area contributed by atoms with Gasteiger partial charge in [0.1, 0.15) is 5.82 Å². The van der Waals surface area contributed by atoms with Crippen LogP contribution >= 0.6 is 27.5 Å². The van der Waals surface area contributed by atoms with Gasteiger partial charge in [0.15, 0.2) is 0 Å². The summed E-state index contributed by atoms with van der Waals surface area (Å²) in [6.07, 6.45) is 0.569. The van der Waals surface area contributed by atoms with Crippen LogP contribution in [-0.2, 0) is 4.74 Å². The van der Waals surface area contributed by atoms with Gasteiger partial charge in [-0.25, -0.2) is 4.39 Å². The highest BCUT2D eigenvalue weighted by atomic mass is 79.9. The summed E-state index contributed by atoms with van der Waals surface area (Å²) in [5, 5.41) is 2.45. The molecular weight excluding hydrogens is 324 g/mol. The van der Waals surface area contributed by atoms with E-state index in [1.54, 1.807) is 13.2 Å². The first kappa shape index (κ1) is 15.4. The zero-order valence-corrected chi connectivity index (χ0v) is 12.2. The van der Waals surface area contributed by atoms with Gasteiger partial charge in [0.05, 0.1) is 17.5 Å². The van der Waals surface area contributed by atoms with E-state index in [9.17, 15) is 9.18 Å². The molecule has 0 bridgehead atoms. The summed E-state index contributed by atoms with van der Waals surface area (Å²) in [5.74, 6) is -0.998. The van der Waals surface area contributed by atoms with Crippen molar-refractivity contribution in [3.8, 4) is 0 Å². The molecule has 100 valence electrons. The minimum Gasteiger partial charge on any atom is -0.383 e. The smallest absolute Gasteiger partial charge is 0.254 e. The predicted molar refractivity (Wildman–Crippen MR) is 72.6 cm³/mol. The van der Waals surface area contributed by atoms with Crippen molar-refractivity contribution in [2.45, 2.75) is 11.8 Å². The van der Waals surface area contributed by atoms with Crippen molar-refractivity contribution in [1.29, 1.82) is 0 Å². The van der Waals surface area contributed by atoms with E-state index < -0.39 is 11.7 Å². The van der Waals surface area contributed by atoms with Crippen LogP contribution < -0.4 is 5.32 Å². The molecule has 1 rings (SSSR count). The summed E-state index contributed by atoms with van der Waals surface area (Å²) in [4.78, 5) is 11.7. The summed E-state index contributed by atoms with van der Waals surface area (Å²) in [5.41, 5.74) is 0.0241. The Balaban J connectivity index is 2.45. The molecule has 1 aromatic carbocycles. The number of halogens is 3. The molecule has 0 saturated carbocycles. The minimum absolute atomic E-state index is 0.0241. The van der Waals surface area contributed by atoms with Crippen LogP contribution in [0.1, 0.15) is 16.8 Å². The molecule has 1 unspecified atom stereocenters. The summed E-state index contributed by atoms with van der Waals surface area (Å²) >= 11 is 9.04. The number of hydrogen-bond acceptors (Lipinski definition) is 2. The summed E-state index contributed by atoms with van der Waals surface area (Å²) < 4.78 is 18.9. The van der Waals surface area contributed by atoms with Crippen LogP contribution in [0.3, 0.4) is 0 Å². The molecule has 1 amide bonds. The summed E-state index contributed by atoms with van der Waals surface area (Å²) in [7, 11) is 1.56. The maximum atomic E-state index is 13.5. The van der Waals surface area contributed by atoms with Gasteiger partial charge in [-0.2, -0.15) is 0 Å². The Hall–Kier alpha value is -0.650. The molecule has 0 aliphatic rings. The first-order valence-electron chi connectivity index (χ1n) is 5.41. The first-order valence-corrected chi connectivity index (χ1v) is 6.63. The average molecular weight is 339 g/mol. The number of rotatable bonds is 6. The van der Waals surface area contributed by atoms with Gasteiger partial charge in [-0.15, -0.1) is 11.6 Å². The SMILES string of the molecule is COCC(Cl)CCNC(=O)c1ccc(Br)cc1F. The Morgan fingerprint density at radius 1 is 1.61 bits per heavy atom. The van der Waals surface area contributed by atoms with E-state index in [2.05, 4.69) is 21.2 Å². The van der Waals surface area contributed by atoms with E-state index in [0.29, 0.717) is 24.0 Å². The van der Waals surface area contributed by atoms with Crippen molar-refractivity contribution in [3.63, 3.8) is 0 Å². The molecule has 0 heterocycles. The molecule has 6 heteroatoms. The van der Waals surface area contributed by atoms with Gasteiger partial charge in [-0.1, -0.05) is 15.9 Å². The lowest BCUT2D eigenvalue weighted by Gasteiger charge is -2.09. The highest BCUT2D eigenvalue weighted by Crippen LogP contribution is 2.15. The van der Waals surface area contributed by atoms with Crippen LogP contribution in [0.15, 0.2) is 22.7 Å². The standard InChI is InChI=1S/C12H14BrClFNO2/c1-18-7-9(14)4-5-16-12(17)10-3-2-8(13)6-11(10)15/h2-3,6,9H,4-5,7H2,1H3,(H,16,17). The molecule has 0 aromatic heterocycles. The Morgan fingerprint density at radius 3 is 2.94 bits per heavy atom. The molecule has 0 aliphatic carbocycles. The van der Waals surface area contributed by atoms with Crippen molar-refractivity contribution in [2.24, 2.45) is 0 Å². The van der Waals surface area contributed by atoms with Gasteiger partial charge in [0.2, 0.25) is 0 Å². The highest BCUT2D eigenvalue weighted by molar-refractivity contribution is 9.10. The number of ether oxygens (including phenoxy) is 1.